The van der Waals surface area contributed by atoms with E-state index in [1.165, 1.54) is 6.20 Å². The average Bonchev–Trinajstić information content (AvgIpc) is 2.32. The van der Waals surface area contributed by atoms with E-state index in [4.69, 9.17) is 16.7 Å². The van der Waals surface area contributed by atoms with Crippen LogP contribution in [0.2, 0.25) is 5.02 Å². The van der Waals surface area contributed by atoms with Crippen LogP contribution in [0.3, 0.4) is 0 Å². The van der Waals surface area contributed by atoms with E-state index in [9.17, 15) is 4.79 Å². The van der Waals surface area contributed by atoms with Crippen LogP contribution in [-0.4, -0.2) is 15.1 Å². The number of aliphatic hydroxyl groups excluding tert-OH is 1. The van der Waals surface area contributed by atoms with Crippen LogP contribution in [0.5, 0.6) is 0 Å². The van der Waals surface area contributed by atoms with E-state index in [0.717, 1.165) is 5.56 Å². The van der Waals surface area contributed by atoms with Gasteiger partial charge in [0.05, 0.1) is 12.2 Å². The summed E-state index contributed by atoms with van der Waals surface area (Å²) >= 11 is 5.78. The summed E-state index contributed by atoms with van der Waals surface area (Å²) in [5.74, 6) is 0.564. The van der Waals surface area contributed by atoms with E-state index in [-0.39, 0.29) is 17.7 Å². The Balaban J connectivity index is 2.22. The molecule has 1 heterocycles. The molecular formula is C12H11ClN2O2. The summed E-state index contributed by atoms with van der Waals surface area (Å²) in [5.41, 5.74) is 0.977. The third-order valence-electron chi connectivity index (χ3n) is 2.38. The molecule has 5 heteroatoms. The SMILES string of the molecule is O=c1[nH]c(Cc2ccc(Cl)cc2)ncc1CO. The first kappa shape index (κ1) is 11.8. The fourth-order valence-electron chi connectivity index (χ4n) is 1.46. The molecule has 0 unspecified atom stereocenters. The number of nitrogens with zero attached hydrogens (tertiary/aromatic N) is 1. The standard InChI is InChI=1S/C12H11ClN2O2/c13-10-3-1-8(2-4-10)5-11-14-6-9(7-16)12(17)15-11/h1-4,6,16H,5,7H2,(H,14,15,17). The van der Waals surface area contributed by atoms with Crippen molar-refractivity contribution >= 4 is 11.6 Å². The highest BCUT2D eigenvalue weighted by molar-refractivity contribution is 6.30. The maximum absolute atomic E-state index is 11.4. The number of halogens is 1. The lowest BCUT2D eigenvalue weighted by Crippen LogP contribution is -2.16. The van der Waals surface area contributed by atoms with Gasteiger partial charge < -0.3 is 10.1 Å². The van der Waals surface area contributed by atoms with Crippen LogP contribution < -0.4 is 5.56 Å². The van der Waals surface area contributed by atoms with Crippen LogP contribution in [0, 0.1) is 0 Å². The van der Waals surface area contributed by atoms with Crippen molar-refractivity contribution in [3.63, 3.8) is 0 Å². The number of nitrogens with one attached hydrogen (secondary N) is 1. The summed E-state index contributed by atoms with van der Waals surface area (Å²) in [6.07, 6.45) is 1.92. The van der Waals surface area contributed by atoms with Crippen LogP contribution in [-0.2, 0) is 13.0 Å². The molecule has 1 aromatic carbocycles. The van der Waals surface area contributed by atoms with Gasteiger partial charge in [-0.05, 0) is 17.7 Å². The molecule has 0 atom stereocenters. The topological polar surface area (TPSA) is 66.0 Å². The molecule has 17 heavy (non-hydrogen) atoms. The first-order valence-corrected chi connectivity index (χ1v) is 5.49. The molecule has 0 aliphatic carbocycles. The van der Waals surface area contributed by atoms with Crippen molar-refractivity contribution in [2.75, 3.05) is 0 Å². The van der Waals surface area contributed by atoms with Crippen molar-refractivity contribution in [1.82, 2.24) is 9.97 Å². The van der Waals surface area contributed by atoms with Crippen molar-refractivity contribution < 1.29 is 5.11 Å². The molecule has 0 bridgehead atoms. The molecule has 0 spiro atoms. The largest absolute Gasteiger partial charge is 0.391 e. The molecule has 2 rings (SSSR count). The highest BCUT2D eigenvalue weighted by Gasteiger charge is 2.02. The minimum absolute atomic E-state index is 0.268. The molecule has 2 N–H and O–H groups in total. The number of H-pyrrole nitrogens is 1. The molecule has 4 nitrogen and oxygen atoms in total. The second-order valence-corrected chi connectivity index (χ2v) is 4.08. The van der Waals surface area contributed by atoms with Crippen LogP contribution in [0.1, 0.15) is 17.0 Å². The van der Waals surface area contributed by atoms with Gasteiger partial charge in [0.2, 0.25) is 0 Å². The van der Waals surface area contributed by atoms with Gasteiger partial charge >= 0.3 is 0 Å². The summed E-state index contributed by atoms with van der Waals surface area (Å²) in [6.45, 7) is -0.302. The number of hydrogen-bond acceptors (Lipinski definition) is 3. The number of aromatic nitrogens is 2. The van der Waals surface area contributed by atoms with Gasteiger partial charge in [0.1, 0.15) is 5.82 Å². The predicted octanol–water partition coefficient (Wildman–Crippen LogP) is 1.51. The second kappa shape index (κ2) is 5.12. The molecule has 0 aliphatic heterocycles. The average molecular weight is 251 g/mol. The number of benzene rings is 1. The van der Waals surface area contributed by atoms with Gasteiger partial charge in [0.25, 0.3) is 5.56 Å². The molecule has 0 amide bonds. The van der Waals surface area contributed by atoms with Gasteiger partial charge in [-0.2, -0.15) is 0 Å². The third kappa shape index (κ3) is 2.93. The summed E-state index contributed by atoms with van der Waals surface area (Å²) in [7, 11) is 0. The Hall–Kier alpha value is -1.65. The van der Waals surface area contributed by atoms with E-state index in [1.54, 1.807) is 12.1 Å². The Morgan fingerprint density at radius 2 is 2.00 bits per heavy atom. The van der Waals surface area contributed by atoms with Gasteiger partial charge in [0, 0.05) is 17.6 Å². The van der Waals surface area contributed by atoms with Crippen LogP contribution in [0.4, 0.5) is 0 Å². The normalized spacial score (nSPS) is 10.5. The molecule has 0 aliphatic rings. The van der Waals surface area contributed by atoms with E-state index >= 15 is 0 Å². The molecular weight excluding hydrogens is 240 g/mol. The van der Waals surface area contributed by atoms with Crippen molar-refractivity contribution in [3.05, 3.63) is 62.8 Å². The fraction of sp³-hybridized carbons (Fsp3) is 0.167. The molecule has 0 radical (unpaired) electrons. The molecule has 88 valence electrons. The zero-order valence-electron chi connectivity index (χ0n) is 8.98. The van der Waals surface area contributed by atoms with E-state index < -0.39 is 0 Å². The van der Waals surface area contributed by atoms with Crippen molar-refractivity contribution in [3.8, 4) is 0 Å². The quantitative estimate of drug-likeness (QED) is 0.868. The molecule has 0 saturated heterocycles. The minimum Gasteiger partial charge on any atom is -0.391 e. The zero-order valence-corrected chi connectivity index (χ0v) is 9.74. The second-order valence-electron chi connectivity index (χ2n) is 3.65. The van der Waals surface area contributed by atoms with Crippen LogP contribution in [0.25, 0.3) is 0 Å². The maximum Gasteiger partial charge on any atom is 0.256 e. The first-order chi connectivity index (χ1) is 8.19. The summed E-state index contributed by atoms with van der Waals surface area (Å²) in [6, 6.07) is 7.33. The molecule has 0 fully saturated rings. The van der Waals surface area contributed by atoms with Crippen LogP contribution in [0.15, 0.2) is 35.3 Å². The Bertz CT molecular complexity index is 563. The Morgan fingerprint density at radius 3 is 2.59 bits per heavy atom. The van der Waals surface area contributed by atoms with Gasteiger partial charge in [-0.15, -0.1) is 0 Å². The highest BCUT2D eigenvalue weighted by atomic mass is 35.5. The number of aromatic amines is 1. The highest BCUT2D eigenvalue weighted by Crippen LogP contribution is 2.11. The number of hydrogen-bond donors (Lipinski definition) is 2. The van der Waals surface area contributed by atoms with Crippen molar-refractivity contribution in [2.24, 2.45) is 0 Å². The van der Waals surface area contributed by atoms with Crippen LogP contribution >= 0.6 is 11.6 Å². The van der Waals surface area contributed by atoms with Crippen molar-refractivity contribution in [2.45, 2.75) is 13.0 Å². The number of aliphatic hydroxyl groups is 1. The number of rotatable bonds is 3. The first-order valence-electron chi connectivity index (χ1n) is 5.11. The smallest absolute Gasteiger partial charge is 0.256 e. The summed E-state index contributed by atoms with van der Waals surface area (Å²) in [5, 5.41) is 9.53. The summed E-state index contributed by atoms with van der Waals surface area (Å²) < 4.78 is 0. The molecule has 0 saturated carbocycles. The molecule has 1 aromatic heterocycles. The van der Waals surface area contributed by atoms with Gasteiger partial charge in [-0.25, -0.2) is 4.98 Å². The Morgan fingerprint density at radius 1 is 1.29 bits per heavy atom. The Kier molecular flexibility index (Phi) is 3.56. The van der Waals surface area contributed by atoms with Gasteiger partial charge in [-0.3, -0.25) is 4.79 Å². The van der Waals surface area contributed by atoms with Crippen molar-refractivity contribution in [1.29, 1.82) is 0 Å². The van der Waals surface area contributed by atoms with Gasteiger partial charge in [-0.1, -0.05) is 23.7 Å². The minimum atomic E-state index is -0.302. The van der Waals surface area contributed by atoms with Gasteiger partial charge in [0.15, 0.2) is 0 Å². The lowest BCUT2D eigenvalue weighted by Gasteiger charge is -2.02. The molecule has 2 aromatic rings. The van der Waals surface area contributed by atoms with E-state index in [2.05, 4.69) is 9.97 Å². The Labute approximate surface area is 103 Å². The summed E-state index contributed by atoms with van der Waals surface area (Å²) in [4.78, 5) is 18.1. The lowest BCUT2D eigenvalue weighted by atomic mass is 10.1. The predicted molar refractivity (Wildman–Crippen MR) is 65.0 cm³/mol. The zero-order chi connectivity index (χ0) is 12.3. The lowest BCUT2D eigenvalue weighted by molar-refractivity contribution is 0.279. The van der Waals surface area contributed by atoms with E-state index in [0.29, 0.717) is 17.3 Å². The fourth-order valence-corrected chi connectivity index (χ4v) is 1.58. The maximum atomic E-state index is 11.4. The monoisotopic (exact) mass is 250 g/mol. The van der Waals surface area contributed by atoms with E-state index in [1.807, 2.05) is 12.1 Å². The third-order valence-corrected chi connectivity index (χ3v) is 2.63.